The van der Waals surface area contributed by atoms with Crippen molar-refractivity contribution in [1.82, 2.24) is 24.8 Å². The Balaban J connectivity index is 1.59. The van der Waals surface area contributed by atoms with Crippen molar-refractivity contribution in [2.45, 2.75) is 26.9 Å². The summed E-state index contributed by atoms with van der Waals surface area (Å²) in [7, 11) is 0. The van der Waals surface area contributed by atoms with Crippen LogP contribution in [0.3, 0.4) is 0 Å². The van der Waals surface area contributed by atoms with E-state index in [4.69, 9.17) is 0 Å². The number of nitrogens with zero attached hydrogens (tertiary/aromatic N) is 4. The first-order valence-electron chi connectivity index (χ1n) is 9.71. The highest BCUT2D eigenvalue weighted by Crippen LogP contribution is 2.16. The van der Waals surface area contributed by atoms with Gasteiger partial charge in [-0.05, 0) is 55.8 Å². The smallest absolute Gasteiger partial charge is 0.257 e. The fourth-order valence-corrected chi connectivity index (χ4v) is 3.31. The van der Waals surface area contributed by atoms with E-state index in [-0.39, 0.29) is 17.5 Å². The summed E-state index contributed by atoms with van der Waals surface area (Å²) in [6.07, 6.45) is 6.70. The first kappa shape index (κ1) is 19.4. The van der Waals surface area contributed by atoms with E-state index in [1.807, 2.05) is 42.7 Å². The van der Waals surface area contributed by atoms with E-state index in [0.29, 0.717) is 17.6 Å². The summed E-state index contributed by atoms with van der Waals surface area (Å²) in [6, 6.07) is 11.0. The minimum absolute atomic E-state index is 0.110. The van der Waals surface area contributed by atoms with Gasteiger partial charge in [-0.1, -0.05) is 0 Å². The van der Waals surface area contributed by atoms with Crippen molar-refractivity contribution in [1.29, 1.82) is 0 Å². The van der Waals surface area contributed by atoms with Crippen LogP contribution in [0, 0.1) is 6.92 Å². The maximum absolute atomic E-state index is 12.9. The van der Waals surface area contributed by atoms with Gasteiger partial charge in [-0.15, -0.1) is 0 Å². The van der Waals surface area contributed by atoms with Crippen LogP contribution in [0.2, 0.25) is 0 Å². The van der Waals surface area contributed by atoms with Crippen molar-refractivity contribution in [3.8, 4) is 11.3 Å². The second-order valence-corrected chi connectivity index (χ2v) is 6.95. The number of carbonyl (C=O) groups excluding carboxylic acids is 1. The maximum Gasteiger partial charge on any atom is 0.257 e. The van der Waals surface area contributed by atoms with Gasteiger partial charge in [0.2, 0.25) is 5.43 Å². The Bertz CT molecular complexity index is 1280. The van der Waals surface area contributed by atoms with Crippen molar-refractivity contribution >= 4 is 16.9 Å². The molecule has 1 amide bonds. The Morgan fingerprint density at radius 2 is 1.90 bits per heavy atom. The second-order valence-electron chi connectivity index (χ2n) is 6.95. The van der Waals surface area contributed by atoms with Crippen LogP contribution in [0.5, 0.6) is 0 Å². The Labute approximate surface area is 173 Å². The van der Waals surface area contributed by atoms with E-state index in [9.17, 15) is 9.59 Å². The number of aromatic nitrogens is 4. The molecule has 0 aliphatic heterocycles. The Morgan fingerprint density at radius 3 is 2.67 bits per heavy atom. The lowest BCUT2D eigenvalue weighted by Crippen LogP contribution is -2.29. The van der Waals surface area contributed by atoms with E-state index in [2.05, 4.69) is 20.3 Å². The molecule has 0 saturated heterocycles. The highest BCUT2D eigenvalue weighted by molar-refractivity contribution is 5.96. The lowest BCUT2D eigenvalue weighted by atomic mass is 10.1. The average molecular weight is 399 g/mol. The zero-order valence-electron chi connectivity index (χ0n) is 16.8. The number of amides is 1. The lowest BCUT2D eigenvalue weighted by molar-refractivity contribution is 0.0949. The molecule has 30 heavy (non-hydrogen) atoms. The molecule has 7 nitrogen and oxygen atoms in total. The van der Waals surface area contributed by atoms with Gasteiger partial charge < -0.3 is 9.88 Å². The van der Waals surface area contributed by atoms with Crippen molar-refractivity contribution in [3.63, 3.8) is 0 Å². The molecule has 4 heterocycles. The Morgan fingerprint density at radius 1 is 1.10 bits per heavy atom. The molecule has 0 fully saturated rings. The fourth-order valence-electron chi connectivity index (χ4n) is 3.31. The Kier molecular flexibility index (Phi) is 5.34. The monoisotopic (exact) mass is 399 g/mol. The molecule has 0 aliphatic rings. The maximum atomic E-state index is 12.9. The van der Waals surface area contributed by atoms with Gasteiger partial charge in [-0.3, -0.25) is 19.6 Å². The molecule has 150 valence electrons. The lowest BCUT2D eigenvalue weighted by Gasteiger charge is -2.12. The number of carbonyl (C=O) groups is 1. The van der Waals surface area contributed by atoms with Crippen LogP contribution >= 0.6 is 0 Å². The van der Waals surface area contributed by atoms with E-state index >= 15 is 0 Å². The predicted octanol–water partition coefficient (Wildman–Crippen LogP) is 3.11. The minimum atomic E-state index is -0.410. The number of nitrogens with one attached hydrogen (secondary N) is 1. The molecule has 0 spiro atoms. The van der Waals surface area contributed by atoms with Crippen molar-refractivity contribution in [3.05, 3.63) is 88.2 Å². The molecule has 1 N–H and O–H groups in total. The highest BCUT2D eigenvalue weighted by Gasteiger charge is 2.16. The third kappa shape index (κ3) is 3.82. The van der Waals surface area contributed by atoms with Crippen LogP contribution in [0.1, 0.15) is 28.5 Å². The first-order valence-corrected chi connectivity index (χ1v) is 9.71. The molecule has 0 bridgehead atoms. The van der Waals surface area contributed by atoms with Crippen LogP contribution in [0.4, 0.5) is 0 Å². The standard InChI is InChI=1S/C23H21N5O2/c1-3-28-14-19(21(29)18-5-4-15(2)27-22(18)28)23(30)26-13-16-6-11-25-20(12-16)17-7-9-24-10-8-17/h4-12,14H,3,13H2,1-2H3,(H,26,30). The van der Waals surface area contributed by atoms with Gasteiger partial charge in [-0.2, -0.15) is 0 Å². The summed E-state index contributed by atoms with van der Waals surface area (Å²) >= 11 is 0. The molecular weight excluding hydrogens is 378 g/mol. The molecule has 0 aromatic carbocycles. The van der Waals surface area contributed by atoms with Crippen LogP contribution in [0.25, 0.3) is 22.3 Å². The van der Waals surface area contributed by atoms with Crippen LogP contribution in [-0.4, -0.2) is 25.4 Å². The van der Waals surface area contributed by atoms with Gasteiger partial charge in [-0.25, -0.2) is 4.98 Å². The normalized spacial score (nSPS) is 10.9. The fraction of sp³-hybridized carbons (Fsp3) is 0.174. The summed E-state index contributed by atoms with van der Waals surface area (Å²) in [5.74, 6) is -0.410. The third-order valence-corrected chi connectivity index (χ3v) is 4.90. The number of aryl methyl sites for hydroxylation is 2. The molecule has 0 unspecified atom stereocenters. The van der Waals surface area contributed by atoms with Crippen LogP contribution < -0.4 is 10.7 Å². The summed E-state index contributed by atoms with van der Waals surface area (Å²) in [5, 5.41) is 3.29. The van der Waals surface area contributed by atoms with Crippen LogP contribution in [-0.2, 0) is 13.1 Å². The molecule has 0 aliphatic carbocycles. The summed E-state index contributed by atoms with van der Waals surface area (Å²) in [6.45, 7) is 4.72. The largest absolute Gasteiger partial charge is 0.348 e. The van der Waals surface area contributed by atoms with Crippen molar-refractivity contribution in [2.24, 2.45) is 0 Å². The van der Waals surface area contributed by atoms with Gasteiger partial charge in [0.05, 0.1) is 11.1 Å². The highest BCUT2D eigenvalue weighted by atomic mass is 16.2. The number of pyridine rings is 4. The van der Waals surface area contributed by atoms with E-state index in [1.54, 1.807) is 36.9 Å². The zero-order chi connectivity index (χ0) is 21.1. The molecule has 4 aromatic rings. The summed E-state index contributed by atoms with van der Waals surface area (Å²) in [5.41, 5.74) is 3.84. The van der Waals surface area contributed by atoms with Gasteiger partial charge >= 0.3 is 0 Å². The van der Waals surface area contributed by atoms with Gasteiger partial charge in [0.25, 0.3) is 5.91 Å². The molecule has 4 rings (SSSR count). The van der Waals surface area contributed by atoms with E-state index in [0.717, 1.165) is 22.5 Å². The van der Waals surface area contributed by atoms with Gasteiger partial charge in [0, 0.05) is 49.1 Å². The molecule has 0 saturated carbocycles. The van der Waals surface area contributed by atoms with Crippen LogP contribution in [0.15, 0.2) is 66.0 Å². The number of rotatable bonds is 5. The van der Waals surface area contributed by atoms with E-state index in [1.165, 1.54) is 0 Å². The first-order chi connectivity index (χ1) is 14.6. The Hall–Kier alpha value is -3.87. The zero-order valence-corrected chi connectivity index (χ0v) is 16.8. The number of hydrogen-bond donors (Lipinski definition) is 1. The quantitative estimate of drug-likeness (QED) is 0.557. The second kappa shape index (κ2) is 8.24. The van der Waals surface area contributed by atoms with E-state index < -0.39 is 5.91 Å². The molecule has 0 radical (unpaired) electrons. The molecule has 4 aromatic heterocycles. The topological polar surface area (TPSA) is 89.8 Å². The van der Waals surface area contributed by atoms with Gasteiger partial charge in [0.15, 0.2) is 0 Å². The minimum Gasteiger partial charge on any atom is -0.348 e. The SMILES string of the molecule is CCn1cc(C(=O)NCc2ccnc(-c3ccncc3)c2)c(=O)c2ccc(C)nc21. The predicted molar refractivity (Wildman–Crippen MR) is 115 cm³/mol. The third-order valence-electron chi connectivity index (χ3n) is 4.90. The summed E-state index contributed by atoms with van der Waals surface area (Å²) in [4.78, 5) is 38.5. The number of fused-ring (bicyclic) bond motifs is 1. The van der Waals surface area contributed by atoms with Crippen molar-refractivity contribution in [2.75, 3.05) is 0 Å². The average Bonchev–Trinajstić information content (AvgIpc) is 2.78. The van der Waals surface area contributed by atoms with Gasteiger partial charge in [0.1, 0.15) is 11.2 Å². The molecular formula is C23H21N5O2. The summed E-state index contributed by atoms with van der Waals surface area (Å²) < 4.78 is 1.83. The molecule has 0 atom stereocenters. The van der Waals surface area contributed by atoms with Crippen molar-refractivity contribution < 1.29 is 4.79 Å². The number of hydrogen-bond acceptors (Lipinski definition) is 5. The molecule has 7 heteroatoms.